The first kappa shape index (κ1) is 13.6. The number of hydrogen-bond donors (Lipinski definition) is 1. The number of benzene rings is 1. The van der Waals surface area contributed by atoms with Crippen molar-refractivity contribution in [3.8, 4) is 0 Å². The largest absolute Gasteiger partial charge is 0.339 e. The van der Waals surface area contributed by atoms with Gasteiger partial charge in [0.1, 0.15) is 0 Å². The maximum absolute atomic E-state index is 12.7. The van der Waals surface area contributed by atoms with Gasteiger partial charge >= 0.3 is 0 Å². The fourth-order valence-electron chi connectivity index (χ4n) is 3.53. The quantitative estimate of drug-likeness (QED) is 0.895. The molecule has 3 nitrogen and oxygen atoms in total. The van der Waals surface area contributed by atoms with Crippen molar-refractivity contribution in [2.75, 3.05) is 13.1 Å². The van der Waals surface area contributed by atoms with E-state index in [9.17, 15) is 4.79 Å². The lowest BCUT2D eigenvalue weighted by Gasteiger charge is -2.25. The van der Waals surface area contributed by atoms with E-state index in [1.807, 2.05) is 6.07 Å². The molecule has 1 aliphatic heterocycles. The van der Waals surface area contributed by atoms with Crippen LogP contribution in [0, 0.1) is 5.92 Å². The molecule has 20 heavy (non-hydrogen) atoms. The molecule has 0 aromatic heterocycles. The second-order valence-electron chi connectivity index (χ2n) is 6.12. The van der Waals surface area contributed by atoms with Gasteiger partial charge in [-0.05, 0) is 50.1 Å². The lowest BCUT2D eigenvalue weighted by molar-refractivity contribution is -0.133. The molecule has 2 N–H and O–H groups in total. The summed E-state index contributed by atoms with van der Waals surface area (Å²) in [6.07, 6.45) is 5.45. The fourth-order valence-corrected chi connectivity index (χ4v) is 3.53. The molecule has 1 amide bonds. The van der Waals surface area contributed by atoms with Gasteiger partial charge in [0.2, 0.25) is 5.91 Å². The van der Waals surface area contributed by atoms with Crippen molar-refractivity contribution < 1.29 is 4.79 Å². The van der Waals surface area contributed by atoms with Crippen LogP contribution in [0.5, 0.6) is 0 Å². The minimum atomic E-state index is 0.232. The van der Waals surface area contributed by atoms with Crippen LogP contribution in [0.3, 0.4) is 0 Å². The smallest absolute Gasteiger partial charge is 0.226 e. The first-order valence-corrected chi connectivity index (χ1v) is 7.86. The van der Waals surface area contributed by atoms with E-state index in [1.165, 1.54) is 5.56 Å². The van der Waals surface area contributed by atoms with Crippen molar-refractivity contribution in [3.05, 3.63) is 35.9 Å². The Kier molecular flexibility index (Phi) is 4.06. The van der Waals surface area contributed by atoms with Crippen molar-refractivity contribution in [2.24, 2.45) is 11.7 Å². The fraction of sp³-hybridized carbons (Fsp3) is 0.588. The van der Waals surface area contributed by atoms with Crippen molar-refractivity contribution in [3.63, 3.8) is 0 Å². The molecule has 0 bridgehead atoms. The van der Waals surface area contributed by atoms with Crippen LogP contribution in [-0.2, 0) is 4.79 Å². The van der Waals surface area contributed by atoms with E-state index in [2.05, 4.69) is 29.2 Å². The Morgan fingerprint density at radius 2 is 2.10 bits per heavy atom. The van der Waals surface area contributed by atoms with Crippen LogP contribution in [-0.4, -0.2) is 29.9 Å². The number of nitrogens with two attached hydrogens (primary N) is 1. The third-order valence-corrected chi connectivity index (χ3v) is 4.74. The number of likely N-dealkylation sites (tertiary alicyclic amines) is 1. The average Bonchev–Trinajstić information content (AvgIpc) is 3.16. The van der Waals surface area contributed by atoms with Crippen LogP contribution in [0.4, 0.5) is 0 Å². The van der Waals surface area contributed by atoms with E-state index in [0.29, 0.717) is 17.9 Å². The Morgan fingerprint density at radius 1 is 1.30 bits per heavy atom. The summed E-state index contributed by atoms with van der Waals surface area (Å²) in [5, 5.41) is 0. The van der Waals surface area contributed by atoms with E-state index < -0.39 is 0 Å². The van der Waals surface area contributed by atoms with Gasteiger partial charge in [0.05, 0.1) is 0 Å². The predicted octanol–water partition coefficient (Wildman–Crippen LogP) is 2.52. The summed E-state index contributed by atoms with van der Waals surface area (Å²) in [7, 11) is 0. The van der Waals surface area contributed by atoms with Crippen LogP contribution < -0.4 is 5.73 Å². The number of hydrogen-bond acceptors (Lipinski definition) is 2. The monoisotopic (exact) mass is 272 g/mol. The average molecular weight is 272 g/mol. The Balaban J connectivity index is 1.60. The van der Waals surface area contributed by atoms with Gasteiger partial charge in [-0.3, -0.25) is 4.79 Å². The van der Waals surface area contributed by atoms with Gasteiger partial charge in [0.15, 0.2) is 0 Å². The molecule has 1 saturated heterocycles. The third kappa shape index (κ3) is 2.73. The minimum absolute atomic E-state index is 0.232. The Bertz CT molecular complexity index is 459. The molecule has 3 rings (SSSR count). The van der Waals surface area contributed by atoms with Gasteiger partial charge in [0, 0.05) is 18.5 Å². The van der Waals surface area contributed by atoms with Crippen LogP contribution in [0.1, 0.15) is 43.6 Å². The maximum Gasteiger partial charge on any atom is 0.226 e. The van der Waals surface area contributed by atoms with E-state index in [0.717, 1.165) is 45.2 Å². The molecule has 1 aromatic rings. The molecule has 3 unspecified atom stereocenters. The summed E-state index contributed by atoms with van der Waals surface area (Å²) in [5.74, 6) is 1.08. The summed E-state index contributed by atoms with van der Waals surface area (Å²) < 4.78 is 0. The molecule has 2 aliphatic rings. The number of rotatable bonds is 5. The molecule has 108 valence electrons. The number of nitrogens with zero attached hydrogens (tertiary/aromatic N) is 1. The highest BCUT2D eigenvalue weighted by Gasteiger charge is 2.47. The highest BCUT2D eigenvalue weighted by Crippen LogP contribution is 2.49. The van der Waals surface area contributed by atoms with Crippen LogP contribution in [0.25, 0.3) is 0 Å². The molecule has 1 aromatic carbocycles. The second-order valence-corrected chi connectivity index (χ2v) is 6.12. The Labute approximate surface area is 121 Å². The zero-order valence-electron chi connectivity index (χ0n) is 12.0. The van der Waals surface area contributed by atoms with E-state index >= 15 is 0 Å². The van der Waals surface area contributed by atoms with E-state index in [-0.39, 0.29) is 5.92 Å². The molecule has 0 radical (unpaired) electrons. The van der Waals surface area contributed by atoms with Gasteiger partial charge in [-0.15, -0.1) is 0 Å². The molecule has 3 atom stereocenters. The van der Waals surface area contributed by atoms with Crippen LogP contribution in [0.15, 0.2) is 30.3 Å². The Hall–Kier alpha value is -1.35. The number of carbonyl (C=O) groups is 1. The highest BCUT2D eigenvalue weighted by molar-refractivity contribution is 5.83. The molecule has 2 fully saturated rings. The van der Waals surface area contributed by atoms with E-state index in [1.54, 1.807) is 0 Å². The molecular weight excluding hydrogens is 248 g/mol. The Morgan fingerprint density at radius 3 is 2.85 bits per heavy atom. The topological polar surface area (TPSA) is 46.3 Å². The van der Waals surface area contributed by atoms with Crippen LogP contribution in [0.2, 0.25) is 0 Å². The molecule has 1 heterocycles. The maximum atomic E-state index is 12.7. The summed E-state index contributed by atoms with van der Waals surface area (Å²) in [5.41, 5.74) is 6.92. The summed E-state index contributed by atoms with van der Waals surface area (Å²) in [6.45, 7) is 1.68. The first-order chi connectivity index (χ1) is 9.81. The zero-order valence-corrected chi connectivity index (χ0v) is 12.0. The third-order valence-electron chi connectivity index (χ3n) is 4.74. The SMILES string of the molecule is NCCCC1CCCN1C(=O)C1CC1c1ccccc1. The van der Waals surface area contributed by atoms with E-state index in [4.69, 9.17) is 5.73 Å². The van der Waals surface area contributed by atoms with Gasteiger partial charge < -0.3 is 10.6 Å². The van der Waals surface area contributed by atoms with Gasteiger partial charge in [-0.2, -0.15) is 0 Å². The summed E-state index contributed by atoms with van der Waals surface area (Å²) >= 11 is 0. The predicted molar refractivity (Wildman–Crippen MR) is 80.3 cm³/mol. The molecular formula is C17H24N2O. The molecule has 3 heteroatoms. The number of carbonyl (C=O) groups excluding carboxylic acids is 1. The minimum Gasteiger partial charge on any atom is -0.339 e. The van der Waals surface area contributed by atoms with Gasteiger partial charge in [-0.25, -0.2) is 0 Å². The zero-order chi connectivity index (χ0) is 13.9. The lowest BCUT2D eigenvalue weighted by atomic mass is 10.1. The van der Waals surface area contributed by atoms with Crippen molar-refractivity contribution in [1.29, 1.82) is 0 Å². The highest BCUT2D eigenvalue weighted by atomic mass is 16.2. The lowest BCUT2D eigenvalue weighted by Crippen LogP contribution is -2.37. The molecule has 0 spiro atoms. The molecule has 1 aliphatic carbocycles. The first-order valence-electron chi connectivity index (χ1n) is 7.86. The van der Waals surface area contributed by atoms with Crippen molar-refractivity contribution >= 4 is 5.91 Å². The standard InChI is InChI=1S/C17H24N2O/c18-10-4-8-14-9-5-11-19(14)17(20)16-12-15(16)13-6-2-1-3-7-13/h1-3,6-7,14-16H,4-5,8-12,18H2. The van der Waals surface area contributed by atoms with Gasteiger partial charge in [-0.1, -0.05) is 30.3 Å². The van der Waals surface area contributed by atoms with Gasteiger partial charge in [0.25, 0.3) is 0 Å². The van der Waals surface area contributed by atoms with Crippen molar-refractivity contribution in [1.82, 2.24) is 4.90 Å². The van der Waals surface area contributed by atoms with Crippen molar-refractivity contribution in [2.45, 2.75) is 44.1 Å². The second kappa shape index (κ2) is 5.96. The van der Waals surface area contributed by atoms with Crippen LogP contribution >= 0.6 is 0 Å². The number of amides is 1. The summed E-state index contributed by atoms with van der Waals surface area (Å²) in [4.78, 5) is 14.8. The molecule has 1 saturated carbocycles. The normalized spacial score (nSPS) is 28.6. The summed E-state index contributed by atoms with van der Waals surface area (Å²) in [6, 6.07) is 10.9.